The third-order valence-corrected chi connectivity index (χ3v) is 3.81. The van der Waals surface area contributed by atoms with E-state index in [1.807, 2.05) is 30.5 Å². The molecule has 0 bridgehead atoms. The highest BCUT2D eigenvalue weighted by Gasteiger charge is 2.12. The number of hydrogen-bond donors (Lipinski definition) is 2. The fraction of sp³-hybridized carbons (Fsp3) is 0.438. The smallest absolute Gasteiger partial charge is 0.123 e. The van der Waals surface area contributed by atoms with E-state index in [0.717, 1.165) is 34.9 Å². The van der Waals surface area contributed by atoms with Crippen molar-refractivity contribution in [2.45, 2.75) is 45.1 Å². The zero-order chi connectivity index (χ0) is 14.4. The van der Waals surface area contributed by atoms with Crippen LogP contribution in [0.3, 0.4) is 0 Å². The lowest BCUT2D eigenvalue weighted by Crippen LogP contribution is -2.11. The number of imidazole rings is 1. The third-order valence-electron chi connectivity index (χ3n) is 3.48. The van der Waals surface area contributed by atoms with Gasteiger partial charge in [0.05, 0.1) is 17.9 Å². The number of benzene rings is 1. The van der Waals surface area contributed by atoms with E-state index in [9.17, 15) is 0 Å². The second kappa shape index (κ2) is 7.46. The van der Waals surface area contributed by atoms with Gasteiger partial charge in [-0.25, -0.2) is 4.98 Å². The van der Waals surface area contributed by atoms with E-state index >= 15 is 0 Å². The van der Waals surface area contributed by atoms with Crippen LogP contribution in [-0.2, 0) is 0 Å². The maximum absolute atomic E-state index is 6.19. The third kappa shape index (κ3) is 3.84. The topological polar surface area (TPSA) is 54.7 Å². The maximum Gasteiger partial charge on any atom is 0.123 e. The largest absolute Gasteiger partial charge is 0.341 e. The molecule has 1 atom stereocenters. The molecule has 0 spiro atoms. The maximum atomic E-state index is 6.19. The Labute approximate surface area is 125 Å². The van der Waals surface area contributed by atoms with Gasteiger partial charge in [0.1, 0.15) is 5.82 Å². The predicted octanol–water partition coefficient (Wildman–Crippen LogP) is 4.70. The van der Waals surface area contributed by atoms with Crippen LogP contribution in [0.1, 0.15) is 50.9 Å². The number of nitrogens with one attached hydrogen (secondary N) is 1. The molecule has 0 amide bonds. The van der Waals surface area contributed by atoms with Crippen LogP contribution < -0.4 is 5.73 Å². The Hall–Kier alpha value is -1.32. The van der Waals surface area contributed by atoms with E-state index in [-0.39, 0.29) is 6.04 Å². The van der Waals surface area contributed by atoms with Gasteiger partial charge in [-0.2, -0.15) is 0 Å². The SMILES string of the molecule is CCCCCCC(N)c1ncc(-c2ccccc2Cl)[nH]1. The molecule has 3 nitrogen and oxygen atoms in total. The highest BCUT2D eigenvalue weighted by atomic mass is 35.5. The molecule has 0 saturated heterocycles. The van der Waals surface area contributed by atoms with Crippen LogP contribution in [0.15, 0.2) is 30.5 Å². The van der Waals surface area contributed by atoms with Crippen LogP contribution in [0, 0.1) is 0 Å². The lowest BCUT2D eigenvalue weighted by atomic mass is 10.1. The van der Waals surface area contributed by atoms with E-state index in [4.69, 9.17) is 17.3 Å². The number of rotatable bonds is 7. The first-order valence-corrected chi connectivity index (χ1v) is 7.65. The van der Waals surface area contributed by atoms with Crippen molar-refractivity contribution in [3.8, 4) is 11.3 Å². The van der Waals surface area contributed by atoms with E-state index in [1.165, 1.54) is 19.3 Å². The standard InChI is InChI=1S/C16H22ClN3/c1-2-3-4-5-10-14(18)16-19-11-15(20-16)12-8-6-7-9-13(12)17/h6-9,11,14H,2-5,10,18H2,1H3,(H,19,20). The normalized spacial score (nSPS) is 12.6. The number of H-pyrrole nitrogens is 1. The highest BCUT2D eigenvalue weighted by Crippen LogP contribution is 2.27. The lowest BCUT2D eigenvalue weighted by molar-refractivity contribution is 0.550. The van der Waals surface area contributed by atoms with Crippen molar-refractivity contribution in [3.63, 3.8) is 0 Å². The van der Waals surface area contributed by atoms with Crippen LogP contribution in [0.5, 0.6) is 0 Å². The number of aromatic amines is 1. The van der Waals surface area contributed by atoms with Gasteiger partial charge in [0.25, 0.3) is 0 Å². The monoisotopic (exact) mass is 291 g/mol. The number of aromatic nitrogens is 2. The van der Waals surface area contributed by atoms with Crippen molar-refractivity contribution < 1.29 is 0 Å². The summed E-state index contributed by atoms with van der Waals surface area (Å²) in [6.45, 7) is 2.21. The number of halogens is 1. The summed E-state index contributed by atoms with van der Waals surface area (Å²) >= 11 is 6.19. The van der Waals surface area contributed by atoms with Gasteiger partial charge in [-0.3, -0.25) is 0 Å². The van der Waals surface area contributed by atoms with Crippen molar-refractivity contribution in [2.75, 3.05) is 0 Å². The number of nitrogens with zero attached hydrogens (tertiary/aromatic N) is 1. The quantitative estimate of drug-likeness (QED) is 0.726. The van der Waals surface area contributed by atoms with Gasteiger partial charge in [0.2, 0.25) is 0 Å². The molecule has 108 valence electrons. The van der Waals surface area contributed by atoms with Crippen LogP contribution >= 0.6 is 11.6 Å². The Morgan fingerprint density at radius 2 is 2.05 bits per heavy atom. The van der Waals surface area contributed by atoms with Crippen LogP contribution in [-0.4, -0.2) is 9.97 Å². The molecular weight excluding hydrogens is 270 g/mol. The zero-order valence-corrected chi connectivity index (χ0v) is 12.7. The number of nitrogens with two attached hydrogens (primary N) is 1. The van der Waals surface area contributed by atoms with Gasteiger partial charge >= 0.3 is 0 Å². The Kier molecular flexibility index (Phi) is 5.62. The van der Waals surface area contributed by atoms with E-state index in [1.54, 1.807) is 0 Å². The summed E-state index contributed by atoms with van der Waals surface area (Å²) in [5.74, 6) is 0.844. The summed E-state index contributed by atoms with van der Waals surface area (Å²) in [5.41, 5.74) is 8.07. The molecule has 20 heavy (non-hydrogen) atoms. The molecule has 0 fully saturated rings. The molecule has 0 saturated carbocycles. The second-order valence-electron chi connectivity index (χ2n) is 5.12. The van der Waals surface area contributed by atoms with Crippen molar-refractivity contribution in [3.05, 3.63) is 41.3 Å². The molecule has 0 aliphatic heterocycles. The fourth-order valence-corrected chi connectivity index (χ4v) is 2.51. The predicted molar refractivity (Wildman–Crippen MR) is 84.7 cm³/mol. The fourth-order valence-electron chi connectivity index (χ4n) is 2.27. The van der Waals surface area contributed by atoms with Gasteiger partial charge < -0.3 is 10.7 Å². The first-order chi connectivity index (χ1) is 9.72. The molecule has 0 radical (unpaired) electrons. The molecule has 1 aromatic heterocycles. The molecule has 4 heteroatoms. The van der Waals surface area contributed by atoms with E-state index < -0.39 is 0 Å². The first kappa shape index (κ1) is 15.1. The van der Waals surface area contributed by atoms with Crippen molar-refractivity contribution in [2.24, 2.45) is 5.73 Å². The van der Waals surface area contributed by atoms with Gasteiger partial charge in [-0.15, -0.1) is 0 Å². The molecule has 2 rings (SSSR count). The minimum Gasteiger partial charge on any atom is -0.341 e. The van der Waals surface area contributed by atoms with E-state index in [2.05, 4.69) is 16.9 Å². The number of hydrogen-bond acceptors (Lipinski definition) is 2. The van der Waals surface area contributed by atoms with Crippen LogP contribution in [0.2, 0.25) is 5.02 Å². The van der Waals surface area contributed by atoms with Gasteiger partial charge in [0.15, 0.2) is 0 Å². The Balaban J connectivity index is 2.00. The highest BCUT2D eigenvalue weighted by molar-refractivity contribution is 6.33. The summed E-state index contributed by atoms with van der Waals surface area (Å²) in [4.78, 5) is 7.68. The molecule has 1 unspecified atom stereocenters. The molecule has 0 aliphatic carbocycles. The molecule has 1 aromatic carbocycles. The Bertz CT molecular complexity index is 536. The Morgan fingerprint density at radius 1 is 1.25 bits per heavy atom. The first-order valence-electron chi connectivity index (χ1n) is 7.27. The molecule has 0 aliphatic rings. The van der Waals surface area contributed by atoms with Crippen molar-refractivity contribution in [1.29, 1.82) is 0 Å². The molecule has 3 N–H and O–H groups in total. The summed E-state index contributed by atoms with van der Waals surface area (Å²) in [7, 11) is 0. The summed E-state index contributed by atoms with van der Waals surface area (Å²) in [6, 6.07) is 7.71. The zero-order valence-electron chi connectivity index (χ0n) is 11.9. The summed E-state index contributed by atoms with van der Waals surface area (Å²) < 4.78 is 0. The minimum absolute atomic E-state index is 0.0249. The number of unbranched alkanes of at least 4 members (excludes halogenated alkanes) is 3. The molecular formula is C16H22ClN3. The average Bonchev–Trinajstić information content (AvgIpc) is 2.93. The van der Waals surface area contributed by atoms with Crippen LogP contribution in [0.25, 0.3) is 11.3 Å². The average molecular weight is 292 g/mol. The summed E-state index contributed by atoms with van der Waals surface area (Å²) in [5, 5.41) is 0.721. The molecule has 2 aromatic rings. The van der Waals surface area contributed by atoms with E-state index in [0.29, 0.717) is 0 Å². The van der Waals surface area contributed by atoms with Crippen LogP contribution in [0.4, 0.5) is 0 Å². The lowest BCUT2D eigenvalue weighted by Gasteiger charge is -2.08. The van der Waals surface area contributed by atoms with Crippen molar-refractivity contribution in [1.82, 2.24) is 9.97 Å². The Morgan fingerprint density at radius 3 is 2.80 bits per heavy atom. The minimum atomic E-state index is -0.0249. The van der Waals surface area contributed by atoms with Gasteiger partial charge in [-0.05, 0) is 12.5 Å². The molecule has 1 heterocycles. The summed E-state index contributed by atoms with van der Waals surface area (Å²) in [6.07, 6.45) is 7.68. The van der Waals surface area contributed by atoms with Gasteiger partial charge in [-0.1, -0.05) is 62.4 Å². The van der Waals surface area contributed by atoms with Gasteiger partial charge in [0, 0.05) is 10.6 Å². The van der Waals surface area contributed by atoms with Crippen molar-refractivity contribution >= 4 is 11.6 Å². The second-order valence-corrected chi connectivity index (χ2v) is 5.52.